The molecule has 2 aliphatic heterocycles. The van der Waals surface area contributed by atoms with Crippen molar-refractivity contribution in [3.8, 4) is 0 Å². The fraction of sp³-hybridized carbons (Fsp3) is 0.800. The monoisotopic (exact) mass is 511 g/mol. The molecule has 2 rings (SSSR count). The lowest BCUT2D eigenvalue weighted by atomic mass is 9.77. The molecule has 36 heavy (non-hydrogen) atoms. The van der Waals surface area contributed by atoms with E-state index in [9.17, 15) is 19.5 Å². The van der Waals surface area contributed by atoms with Gasteiger partial charge in [0.15, 0.2) is 0 Å². The molecule has 2 fully saturated rings. The van der Waals surface area contributed by atoms with Gasteiger partial charge in [-0.2, -0.15) is 0 Å². The maximum absolute atomic E-state index is 13.8. The molecule has 0 saturated carbocycles. The van der Waals surface area contributed by atoms with Crippen LogP contribution in [0.1, 0.15) is 81.6 Å². The number of aliphatic imine (C=N–C) groups is 1. The van der Waals surface area contributed by atoms with Crippen LogP contribution in [-0.4, -0.2) is 99.4 Å². The molecule has 0 aromatic carbocycles. The van der Waals surface area contributed by atoms with Crippen molar-refractivity contribution in [1.29, 1.82) is 0 Å². The Morgan fingerprint density at radius 2 is 1.86 bits per heavy atom. The SMILES string of the molecule is C=NOC(CN1C(=O)C2(CCCN2C(=O)C(CC)N(C(=O)OC(C)(C)C)C(C)(C)O)C1C)=NC.CC. The number of ether oxygens (including phenoxy) is 1. The smallest absolute Gasteiger partial charge is 0.413 e. The minimum absolute atomic E-state index is 0.115. The van der Waals surface area contributed by atoms with Crippen molar-refractivity contribution in [2.24, 2.45) is 10.1 Å². The van der Waals surface area contributed by atoms with E-state index in [2.05, 4.69) is 16.9 Å². The summed E-state index contributed by atoms with van der Waals surface area (Å²) in [5, 5.41) is 14.2. The van der Waals surface area contributed by atoms with Gasteiger partial charge >= 0.3 is 6.09 Å². The summed E-state index contributed by atoms with van der Waals surface area (Å²) in [6.45, 7) is 19.4. The molecule has 0 radical (unpaired) electrons. The molecular formula is C25H45N5O6. The van der Waals surface area contributed by atoms with Gasteiger partial charge in [-0.15, -0.1) is 0 Å². The number of nitrogens with zero attached hydrogens (tertiary/aromatic N) is 5. The predicted molar refractivity (Wildman–Crippen MR) is 139 cm³/mol. The van der Waals surface area contributed by atoms with Crippen molar-refractivity contribution in [2.75, 3.05) is 20.1 Å². The predicted octanol–water partition coefficient (Wildman–Crippen LogP) is 3.01. The maximum Gasteiger partial charge on any atom is 0.413 e. The zero-order chi connectivity index (χ0) is 28.1. The second-order valence-corrected chi connectivity index (χ2v) is 10.2. The number of likely N-dealkylation sites (tertiary alicyclic amines) is 2. The van der Waals surface area contributed by atoms with Gasteiger partial charge < -0.3 is 24.5 Å². The van der Waals surface area contributed by atoms with Crippen LogP contribution in [0.5, 0.6) is 0 Å². The zero-order valence-electron chi connectivity index (χ0n) is 23.6. The van der Waals surface area contributed by atoms with Gasteiger partial charge in [-0.25, -0.2) is 4.79 Å². The number of amides is 3. The molecule has 2 aliphatic rings. The van der Waals surface area contributed by atoms with Gasteiger partial charge in [0.05, 0.1) is 6.04 Å². The third-order valence-corrected chi connectivity index (χ3v) is 6.37. The topological polar surface area (TPSA) is 124 Å². The molecule has 11 heteroatoms. The van der Waals surface area contributed by atoms with Crippen LogP contribution in [0.3, 0.4) is 0 Å². The molecule has 0 aromatic rings. The number of oxime groups is 1. The molecule has 11 nitrogen and oxygen atoms in total. The first-order valence-electron chi connectivity index (χ1n) is 12.6. The van der Waals surface area contributed by atoms with Crippen LogP contribution in [0, 0.1) is 0 Å². The van der Waals surface area contributed by atoms with E-state index < -0.39 is 29.0 Å². The molecule has 3 atom stereocenters. The number of β-lactam (4-membered cyclic amide) rings is 1. The van der Waals surface area contributed by atoms with Gasteiger partial charge in [0, 0.05) is 20.3 Å². The minimum atomic E-state index is -1.66. The lowest BCUT2D eigenvalue weighted by Crippen LogP contribution is -2.79. The summed E-state index contributed by atoms with van der Waals surface area (Å²) in [6, 6.07) is -1.30. The summed E-state index contributed by atoms with van der Waals surface area (Å²) in [5.74, 6) is -0.353. The fourth-order valence-electron chi connectivity index (χ4n) is 4.86. The Morgan fingerprint density at radius 1 is 1.28 bits per heavy atom. The standard InChI is InChI=1S/C23H39N5O6.C2H6/c1-10-16(28(22(6,7)32)20(31)33-21(3,4)5)18(29)27-13-11-12-23(27)15(2)26(19(23)30)14-17(24-8)34-25-9;1-2/h15-16,32H,9-14H2,1-8H3;1-2H3. The van der Waals surface area contributed by atoms with Gasteiger partial charge in [-0.05, 0) is 60.8 Å². The highest BCUT2D eigenvalue weighted by atomic mass is 16.6. The molecule has 2 heterocycles. The minimum Gasteiger partial charge on any atom is -0.444 e. The van der Waals surface area contributed by atoms with Crippen LogP contribution in [0.25, 0.3) is 0 Å². The summed E-state index contributed by atoms with van der Waals surface area (Å²) in [7, 11) is 1.53. The summed E-state index contributed by atoms with van der Waals surface area (Å²) >= 11 is 0. The molecule has 1 N–H and O–H groups in total. The second-order valence-electron chi connectivity index (χ2n) is 10.2. The van der Waals surface area contributed by atoms with Crippen LogP contribution in [-0.2, 0) is 19.2 Å². The van der Waals surface area contributed by atoms with Crippen LogP contribution >= 0.6 is 0 Å². The third kappa shape index (κ3) is 6.16. The zero-order valence-corrected chi connectivity index (χ0v) is 23.6. The van der Waals surface area contributed by atoms with Crippen LogP contribution in [0.4, 0.5) is 4.79 Å². The first kappa shape index (κ1) is 31.3. The molecular weight excluding hydrogens is 466 g/mol. The molecule has 0 bridgehead atoms. The van der Waals surface area contributed by atoms with Crippen molar-refractivity contribution in [2.45, 2.75) is 111 Å². The molecule has 2 saturated heterocycles. The average Bonchev–Trinajstić information content (AvgIpc) is 3.26. The number of rotatable bonds is 7. The highest BCUT2D eigenvalue weighted by Crippen LogP contribution is 2.45. The van der Waals surface area contributed by atoms with Crippen molar-refractivity contribution in [3.63, 3.8) is 0 Å². The average molecular weight is 512 g/mol. The highest BCUT2D eigenvalue weighted by Gasteiger charge is 2.65. The molecule has 0 aromatic heterocycles. The molecule has 0 aliphatic carbocycles. The normalized spacial score (nSPS) is 22.9. The van der Waals surface area contributed by atoms with Gasteiger partial charge in [-0.3, -0.25) is 19.5 Å². The quantitative estimate of drug-likeness (QED) is 0.184. The van der Waals surface area contributed by atoms with Crippen molar-refractivity contribution >= 4 is 30.5 Å². The molecule has 3 amide bonds. The fourth-order valence-corrected chi connectivity index (χ4v) is 4.86. The Kier molecular flexibility index (Phi) is 10.5. The first-order valence-corrected chi connectivity index (χ1v) is 12.6. The van der Waals surface area contributed by atoms with E-state index in [-0.39, 0.29) is 36.7 Å². The van der Waals surface area contributed by atoms with E-state index in [1.165, 1.54) is 20.9 Å². The number of aliphatic hydroxyl groups is 1. The van der Waals surface area contributed by atoms with Gasteiger partial charge in [0.2, 0.25) is 11.8 Å². The van der Waals surface area contributed by atoms with Gasteiger partial charge in [-0.1, -0.05) is 25.9 Å². The van der Waals surface area contributed by atoms with Crippen LogP contribution in [0.15, 0.2) is 10.1 Å². The van der Waals surface area contributed by atoms with E-state index in [1.807, 2.05) is 20.8 Å². The van der Waals surface area contributed by atoms with Gasteiger partial charge in [0.1, 0.15) is 29.5 Å². The number of carbonyl (C=O) groups is 3. The van der Waals surface area contributed by atoms with Crippen molar-refractivity contribution in [1.82, 2.24) is 14.7 Å². The maximum atomic E-state index is 13.8. The van der Waals surface area contributed by atoms with E-state index in [1.54, 1.807) is 37.5 Å². The van der Waals surface area contributed by atoms with Gasteiger partial charge in [0.25, 0.3) is 5.91 Å². The third-order valence-electron chi connectivity index (χ3n) is 6.37. The number of carbonyl (C=O) groups excluding carboxylic acids is 3. The van der Waals surface area contributed by atoms with E-state index in [0.717, 1.165) is 4.90 Å². The van der Waals surface area contributed by atoms with E-state index >= 15 is 0 Å². The van der Waals surface area contributed by atoms with E-state index in [0.29, 0.717) is 19.4 Å². The summed E-state index contributed by atoms with van der Waals surface area (Å²) in [5.41, 5.74) is -3.48. The first-order chi connectivity index (χ1) is 16.7. The van der Waals surface area contributed by atoms with Crippen LogP contribution < -0.4 is 0 Å². The Bertz CT molecular complexity index is 847. The molecule has 1 spiro atoms. The summed E-state index contributed by atoms with van der Waals surface area (Å²) < 4.78 is 5.49. The summed E-state index contributed by atoms with van der Waals surface area (Å²) in [6.07, 6.45) is 0.619. The highest BCUT2D eigenvalue weighted by molar-refractivity contribution is 6.01. The summed E-state index contributed by atoms with van der Waals surface area (Å²) in [4.78, 5) is 53.5. The van der Waals surface area contributed by atoms with Crippen LogP contribution in [0.2, 0.25) is 0 Å². The van der Waals surface area contributed by atoms with Crippen molar-refractivity contribution < 1.29 is 29.1 Å². The lowest BCUT2D eigenvalue weighted by Gasteiger charge is -2.57. The largest absolute Gasteiger partial charge is 0.444 e. The van der Waals surface area contributed by atoms with E-state index in [4.69, 9.17) is 9.57 Å². The molecule has 206 valence electrons. The Morgan fingerprint density at radius 3 is 2.28 bits per heavy atom. The number of hydrogen-bond donors (Lipinski definition) is 1. The van der Waals surface area contributed by atoms with Crippen molar-refractivity contribution in [3.05, 3.63) is 0 Å². The second kappa shape index (κ2) is 12.0. The lowest BCUT2D eigenvalue weighted by molar-refractivity contribution is -0.180. The Balaban J connectivity index is 0.00000316. The Labute approximate surface area is 215 Å². The Hall–Kier alpha value is -2.69. The molecule has 3 unspecified atom stereocenters. The number of hydrogen-bond acceptors (Lipinski definition) is 8.